The Morgan fingerprint density at radius 3 is 2.60 bits per heavy atom. The van der Waals surface area contributed by atoms with E-state index in [9.17, 15) is 14.9 Å². The molecule has 2 N–H and O–H groups in total. The number of rotatable bonds is 2. The van der Waals surface area contributed by atoms with Crippen molar-refractivity contribution in [3.05, 3.63) is 16.3 Å². The molecule has 0 saturated carbocycles. The van der Waals surface area contributed by atoms with E-state index in [1.807, 2.05) is 0 Å². The molecule has 0 spiro atoms. The second kappa shape index (κ2) is 5.55. The van der Waals surface area contributed by atoms with Gasteiger partial charge in [-0.05, 0) is 0 Å². The van der Waals surface area contributed by atoms with Crippen LogP contribution in [0.15, 0.2) is 6.20 Å². The number of hydrogen-bond acceptors (Lipinski definition) is 8. The van der Waals surface area contributed by atoms with Gasteiger partial charge >= 0.3 is 11.8 Å². The average molecular weight is 282 g/mol. The molecule has 1 amide bonds. The van der Waals surface area contributed by atoms with Gasteiger partial charge in [0.15, 0.2) is 0 Å². The number of nitrogens with zero attached hydrogens (tertiary/aromatic N) is 5. The fourth-order valence-electron chi connectivity index (χ4n) is 1.89. The Hall–Kier alpha value is -2.65. The summed E-state index contributed by atoms with van der Waals surface area (Å²) in [7, 11) is 1.33. The minimum Gasteiger partial charge on any atom is -0.453 e. The Balaban J connectivity index is 2.06. The zero-order valence-electron chi connectivity index (χ0n) is 10.9. The van der Waals surface area contributed by atoms with E-state index in [0.29, 0.717) is 32.1 Å². The zero-order valence-corrected chi connectivity index (χ0v) is 10.9. The maximum Gasteiger partial charge on any atom is 0.409 e. The Morgan fingerprint density at radius 1 is 1.45 bits per heavy atom. The summed E-state index contributed by atoms with van der Waals surface area (Å²) in [6.07, 6.45) is 0.707. The van der Waals surface area contributed by atoms with Crippen LogP contribution >= 0.6 is 0 Å². The molecule has 0 aromatic carbocycles. The van der Waals surface area contributed by atoms with Crippen LogP contribution in [0.5, 0.6) is 0 Å². The standard InChI is InChI=1S/C10H14N6O4/c1-20-10(17)15-4-2-14(3-5-15)9-12-6-7(16(18)19)8(11)13-9/h6H,2-5H2,1H3,(H2,11,12,13). The van der Waals surface area contributed by atoms with E-state index in [1.165, 1.54) is 7.11 Å². The fraction of sp³-hybridized carbons (Fsp3) is 0.500. The molecule has 1 fully saturated rings. The maximum absolute atomic E-state index is 11.3. The van der Waals surface area contributed by atoms with Crippen LogP contribution in [0.25, 0.3) is 0 Å². The Kier molecular flexibility index (Phi) is 3.82. The van der Waals surface area contributed by atoms with Crippen LogP contribution < -0.4 is 10.6 Å². The fourth-order valence-corrected chi connectivity index (χ4v) is 1.89. The molecule has 0 radical (unpaired) electrons. The van der Waals surface area contributed by atoms with E-state index in [2.05, 4.69) is 14.7 Å². The van der Waals surface area contributed by atoms with E-state index in [4.69, 9.17) is 5.73 Å². The number of ether oxygens (including phenoxy) is 1. The Labute approximate surface area is 114 Å². The highest BCUT2D eigenvalue weighted by Crippen LogP contribution is 2.20. The summed E-state index contributed by atoms with van der Waals surface area (Å²) in [6.45, 7) is 1.94. The Bertz CT molecular complexity index is 528. The summed E-state index contributed by atoms with van der Waals surface area (Å²) >= 11 is 0. The molecule has 10 heteroatoms. The third-order valence-corrected chi connectivity index (χ3v) is 2.98. The van der Waals surface area contributed by atoms with Crippen LogP contribution in [0, 0.1) is 10.1 Å². The molecule has 20 heavy (non-hydrogen) atoms. The van der Waals surface area contributed by atoms with E-state index in [1.54, 1.807) is 9.80 Å². The predicted molar refractivity (Wildman–Crippen MR) is 69.3 cm³/mol. The molecule has 1 aromatic heterocycles. The van der Waals surface area contributed by atoms with Crippen LogP contribution in [-0.2, 0) is 4.74 Å². The first-order chi connectivity index (χ1) is 9.52. The lowest BCUT2D eigenvalue weighted by Gasteiger charge is -2.33. The third kappa shape index (κ3) is 2.68. The number of anilines is 2. The first kappa shape index (κ1) is 13.8. The molecule has 108 valence electrons. The highest BCUT2D eigenvalue weighted by Gasteiger charge is 2.24. The van der Waals surface area contributed by atoms with Gasteiger partial charge < -0.3 is 20.3 Å². The number of hydrogen-bond donors (Lipinski definition) is 1. The first-order valence-electron chi connectivity index (χ1n) is 5.87. The third-order valence-electron chi connectivity index (χ3n) is 2.98. The van der Waals surface area contributed by atoms with Crippen LogP contribution in [0.1, 0.15) is 0 Å². The number of nitrogen functional groups attached to an aromatic ring is 1. The molecule has 1 saturated heterocycles. The summed E-state index contributed by atoms with van der Waals surface area (Å²) in [5.41, 5.74) is 5.20. The molecule has 1 aliphatic rings. The van der Waals surface area contributed by atoms with Crippen molar-refractivity contribution in [2.24, 2.45) is 0 Å². The number of aromatic nitrogens is 2. The highest BCUT2D eigenvalue weighted by molar-refractivity contribution is 5.67. The van der Waals surface area contributed by atoms with Gasteiger partial charge in [0, 0.05) is 26.2 Å². The van der Waals surface area contributed by atoms with Gasteiger partial charge in [0.05, 0.1) is 12.0 Å². The van der Waals surface area contributed by atoms with Crippen molar-refractivity contribution >= 4 is 23.5 Å². The quantitative estimate of drug-likeness (QED) is 0.586. The largest absolute Gasteiger partial charge is 0.453 e. The van der Waals surface area contributed by atoms with Crippen LogP contribution in [0.4, 0.5) is 22.2 Å². The maximum atomic E-state index is 11.3. The molecule has 2 rings (SSSR count). The van der Waals surface area contributed by atoms with Crippen molar-refractivity contribution in [2.75, 3.05) is 43.9 Å². The smallest absolute Gasteiger partial charge is 0.409 e. The topological polar surface area (TPSA) is 128 Å². The van der Waals surface area contributed by atoms with Gasteiger partial charge in [-0.25, -0.2) is 9.78 Å². The highest BCUT2D eigenvalue weighted by atomic mass is 16.6. The number of carbonyl (C=O) groups excluding carboxylic acids is 1. The van der Waals surface area contributed by atoms with Gasteiger partial charge in [0.1, 0.15) is 6.20 Å². The molecule has 0 bridgehead atoms. The molecule has 0 unspecified atom stereocenters. The minimum atomic E-state index is -0.631. The summed E-state index contributed by atoms with van der Waals surface area (Å²) in [5, 5.41) is 10.6. The molecule has 0 aliphatic carbocycles. The lowest BCUT2D eigenvalue weighted by molar-refractivity contribution is -0.384. The van der Waals surface area contributed by atoms with E-state index >= 15 is 0 Å². The molecular weight excluding hydrogens is 268 g/mol. The molecule has 0 atom stereocenters. The van der Waals surface area contributed by atoms with Gasteiger partial charge in [-0.2, -0.15) is 4.98 Å². The van der Waals surface area contributed by atoms with Crippen molar-refractivity contribution in [3.8, 4) is 0 Å². The van der Waals surface area contributed by atoms with E-state index in [0.717, 1.165) is 6.20 Å². The van der Waals surface area contributed by atoms with Gasteiger partial charge in [-0.3, -0.25) is 10.1 Å². The number of amides is 1. The molecule has 1 aromatic rings. The zero-order chi connectivity index (χ0) is 14.7. The number of carbonyl (C=O) groups is 1. The van der Waals surface area contributed by atoms with Crippen LogP contribution in [0.3, 0.4) is 0 Å². The van der Waals surface area contributed by atoms with Crippen molar-refractivity contribution in [2.45, 2.75) is 0 Å². The predicted octanol–water partition coefficient (Wildman–Crippen LogP) is -0.145. The summed E-state index contributed by atoms with van der Waals surface area (Å²) in [6, 6.07) is 0. The van der Waals surface area contributed by atoms with Gasteiger partial charge in [-0.15, -0.1) is 0 Å². The lowest BCUT2D eigenvalue weighted by Crippen LogP contribution is -2.49. The molecule has 1 aliphatic heterocycles. The van der Waals surface area contributed by atoms with Crippen molar-refractivity contribution < 1.29 is 14.5 Å². The van der Waals surface area contributed by atoms with Crippen molar-refractivity contribution in [3.63, 3.8) is 0 Å². The molecule has 10 nitrogen and oxygen atoms in total. The van der Waals surface area contributed by atoms with Gasteiger partial charge in [-0.1, -0.05) is 0 Å². The number of nitro groups is 1. The minimum absolute atomic E-state index is 0.171. The Morgan fingerprint density at radius 2 is 2.10 bits per heavy atom. The normalized spacial score (nSPS) is 15.1. The molecule has 2 heterocycles. The van der Waals surface area contributed by atoms with Gasteiger partial charge in [0.2, 0.25) is 11.8 Å². The lowest BCUT2D eigenvalue weighted by atomic mass is 10.3. The number of piperazine rings is 1. The van der Waals surface area contributed by atoms with Crippen molar-refractivity contribution in [1.29, 1.82) is 0 Å². The number of methoxy groups -OCH3 is 1. The summed E-state index contributed by atoms with van der Waals surface area (Å²) < 4.78 is 4.63. The monoisotopic (exact) mass is 282 g/mol. The van der Waals surface area contributed by atoms with Crippen LogP contribution in [-0.4, -0.2) is 59.2 Å². The molecular formula is C10H14N6O4. The van der Waals surface area contributed by atoms with Crippen LogP contribution in [0.2, 0.25) is 0 Å². The first-order valence-corrected chi connectivity index (χ1v) is 5.87. The SMILES string of the molecule is COC(=O)N1CCN(c2ncc([N+](=O)[O-])c(N)n2)CC1. The van der Waals surface area contributed by atoms with Crippen molar-refractivity contribution in [1.82, 2.24) is 14.9 Å². The number of nitrogens with two attached hydrogens (primary N) is 1. The van der Waals surface area contributed by atoms with E-state index < -0.39 is 4.92 Å². The second-order valence-electron chi connectivity index (χ2n) is 4.14. The van der Waals surface area contributed by atoms with E-state index in [-0.39, 0.29) is 17.6 Å². The summed E-state index contributed by atoms with van der Waals surface area (Å²) in [5.74, 6) is 0.146. The average Bonchev–Trinajstić information content (AvgIpc) is 2.46. The van der Waals surface area contributed by atoms with Gasteiger partial charge in [0.25, 0.3) is 0 Å². The summed E-state index contributed by atoms with van der Waals surface area (Å²) in [4.78, 5) is 32.6. The second-order valence-corrected chi connectivity index (χ2v) is 4.14.